The fourth-order valence-electron chi connectivity index (χ4n) is 4.25. The number of carbonyl (C=O) groups is 1. The van der Waals surface area contributed by atoms with Gasteiger partial charge in [0.2, 0.25) is 5.91 Å². The first-order valence-electron chi connectivity index (χ1n) is 10.2. The minimum atomic E-state index is -0.850. The standard InChI is InChI=1S/C22H28N4O2/c27-21-13-17(16-7-3-1-4-8-16)15-26(21)19-11-12-23-20(14-19)25-22(28)24-18-9-5-2-6-10-18/h1,3-4,7-8,11-12,14,17-18,22,24,28H,2,5-6,9-10,13,15H2,(H,23,25). The van der Waals surface area contributed by atoms with Crippen molar-refractivity contribution in [3.63, 3.8) is 0 Å². The van der Waals surface area contributed by atoms with Crippen molar-refractivity contribution < 1.29 is 9.90 Å². The van der Waals surface area contributed by atoms with Crippen LogP contribution in [0.4, 0.5) is 11.5 Å². The van der Waals surface area contributed by atoms with E-state index in [9.17, 15) is 9.90 Å². The number of nitrogens with one attached hydrogen (secondary N) is 2. The fourth-order valence-corrected chi connectivity index (χ4v) is 4.25. The molecule has 6 heteroatoms. The van der Waals surface area contributed by atoms with Crippen molar-refractivity contribution in [2.24, 2.45) is 0 Å². The van der Waals surface area contributed by atoms with E-state index in [0.29, 0.717) is 24.8 Å². The molecule has 1 aromatic carbocycles. The van der Waals surface area contributed by atoms with Gasteiger partial charge in [0.05, 0.1) is 0 Å². The molecule has 2 aliphatic rings. The molecule has 1 saturated carbocycles. The molecule has 2 heterocycles. The molecule has 2 fully saturated rings. The molecule has 3 N–H and O–H groups in total. The zero-order valence-electron chi connectivity index (χ0n) is 16.1. The van der Waals surface area contributed by atoms with Crippen molar-refractivity contribution in [2.45, 2.75) is 56.8 Å². The Balaban J connectivity index is 1.40. The second kappa shape index (κ2) is 8.71. The van der Waals surface area contributed by atoms with Crippen LogP contribution >= 0.6 is 0 Å². The molecule has 1 amide bonds. The number of aliphatic hydroxyl groups is 1. The smallest absolute Gasteiger partial charge is 0.227 e. The van der Waals surface area contributed by atoms with Gasteiger partial charge in [-0.05, 0) is 24.5 Å². The van der Waals surface area contributed by atoms with Gasteiger partial charge in [-0.1, -0.05) is 49.6 Å². The molecule has 1 aromatic heterocycles. The largest absolute Gasteiger partial charge is 0.361 e. The molecule has 0 bridgehead atoms. The molecule has 148 valence electrons. The predicted molar refractivity (Wildman–Crippen MR) is 110 cm³/mol. The summed E-state index contributed by atoms with van der Waals surface area (Å²) in [6.07, 6.45) is 7.21. The topological polar surface area (TPSA) is 77.5 Å². The number of hydrogen-bond acceptors (Lipinski definition) is 5. The summed E-state index contributed by atoms with van der Waals surface area (Å²) in [5, 5.41) is 16.5. The molecule has 4 rings (SSSR count). The SMILES string of the molecule is O=C1CC(c2ccccc2)CN1c1ccnc(NC(O)NC2CCCCC2)c1. The number of aromatic nitrogens is 1. The molecular weight excluding hydrogens is 352 g/mol. The van der Waals surface area contributed by atoms with E-state index in [-0.39, 0.29) is 11.8 Å². The average Bonchev–Trinajstić information content (AvgIpc) is 3.11. The van der Waals surface area contributed by atoms with E-state index < -0.39 is 6.35 Å². The van der Waals surface area contributed by atoms with Crippen molar-refractivity contribution in [3.05, 3.63) is 54.2 Å². The van der Waals surface area contributed by atoms with E-state index in [0.717, 1.165) is 18.5 Å². The van der Waals surface area contributed by atoms with Crippen LogP contribution in [0.3, 0.4) is 0 Å². The van der Waals surface area contributed by atoms with Gasteiger partial charge in [-0.15, -0.1) is 0 Å². The van der Waals surface area contributed by atoms with Crippen LogP contribution in [0, 0.1) is 0 Å². The van der Waals surface area contributed by atoms with E-state index in [1.165, 1.54) is 24.8 Å². The molecule has 6 nitrogen and oxygen atoms in total. The maximum atomic E-state index is 12.6. The van der Waals surface area contributed by atoms with E-state index in [1.807, 2.05) is 35.2 Å². The van der Waals surface area contributed by atoms with Gasteiger partial charge in [-0.2, -0.15) is 0 Å². The monoisotopic (exact) mass is 380 g/mol. The number of anilines is 2. The van der Waals surface area contributed by atoms with Gasteiger partial charge in [0, 0.05) is 42.9 Å². The van der Waals surface area contributed by atoms with Crippen molar-refractivity contribution in [3.8, 4) is 0 Å². The van der Waals surface area contributed by atoms with Crippen molar-refractivity contribution in [1.29, 1.82) is 0 Å². The Labute approximate surface area is 166 Å². The van der Waals surface area contributed by atoms with Crippen LogP contribution in [0.1, 0.15) is 50.0 Å². The number of nitrogens with zero attached hydrogens (tertiary/aromatic N) is 2. The lowest BCUT2D eigenvalue weighted by Crippen LogP contribution is -2.44. The van der Waals surface area contributed by atoms with Gasteiger partial charge in [-0.3, -0.25) is 10.1 Å². The lowest BCUT2D eigenvalue weighted by molar-refractivity contribution is -0.117. The van der Waals surface area contributed by atoms with Crippen LogP contribution in [0.15, 0.2) is 48.7 Å². The first kappa shape index (κ1) is 18.9. The van der Waals surface area contributed by atoms with Gasteiger partial charge in [0.15, 0.2) is 6.35 Å². The van der Waals surface area contributed by atoms with Gasteiger partial charge in [0.25, 0.3) is 0 Å². The molecule has 2 atom stereocenters. The Kier molecular flexibility index (Phi) is 5.88. The summed E-state index contributed by atoms with van der Waals surface area (Å²) < 4.78 is 0. The minimum Gasteiger partial charge on any atom is -0.361 e. The van der Waals surface area contributed by atoms with Gasteiger partial charge in [-0.25, -0.2) is 4.98 Å². The highest BCUT2D eigenvalue weighted by molar-refractivity contribution is 5.96. The Bertz CT molecular complexity index is 792. The minimum absolute atomic E-state index is 0.117. The molecule has 1 aliphatic carbocycles. The summed E-state index contributed by atoms with van der Waals surface area (Å²) in [5.74, 6) is 0.882. The number of hydrogen-bond donors (Lipinski definition) is 3. The Morgan fingerprint density at radius 3 is 2.68 bits per heavy atom. The third-order valence-electron chi connectivity index (χ3n) is 5.73. The van der Waals surface area contributed by atoms with Crippen molar-refractivity contribution in [1.82, 2.24) is 10.3 Å². The number of carbonyl (C=O) groups excluding carboxylic acids is 1. The first-order chi connectivity index (χ1) is 13.7. The third-order valence-corrected chi connectivity index (χ3v) is 5.73. The first-order valence-corrected chi connectivity index (χ1v) is 10.2. The van der Waals surface area contributed by atoms with Crippen LogP contribution in [-0.2, 0) is 4.79 Å². The van der Waals surface area contributed by atoms with E-state index in [2.05, 4.69) is 27.8 Å². The molecule has 0 spiro atoms. The van der Waals surface area contributed by atoms with Gasteiger partial charge >= 0.3 is 0 Å². The maximum Gasteiger partial charge on any atom is 0.227 e. The van der Waals surface area contributed by atoms with Crippen LogP contribution in [0.25, 0.3) is 0 Å². The van der Waals surface area contributed by atoms with E-state index >= 15 is 0 Å². The summed E-state index contributed by atoms with van der Waals surface area (Å²) in [4.78, 5) is 18.7. The highest BCUT2D eigenvalue weighted by Gasteiger charge is 2.31. The van der Waals surface area contributed by atoms with E-state index in [1.54, 1.807) is 6.20 Å². The lowest BCUT2D eigenvalue weighted by Gasteiger charge is -2.26. The van der Waals surface area contributed by atoms with Crippen LogP contribution in [-0.4, -0.2) is 34.9 Å². The Hall–Kier alpha value is -2.44. The maximum absolute atomic E-state index is 12.6. The molecule has 2 unspecified atom stereocenters. The predicted octanol–water partition coefficient (Wildman–Crippen LogP) is 3.21. The van der Waals surface area contributed by atoms with Crippen LogP contribution < -0.4 is 15.5 Å². The summed E-state index contributed by atoms with van der Waals surface area (Å²) in [5.41, 5.74) is 2.00. The van der Waals surface area contributed by atoms with Gasteiger partial charge in [0.1, 0.15) is 5.82 Å². The summed E-state index contributed by atoms with van der Waals surface area (Å²) >= 11 is 0. The Morgan fingerprint density at radius 1 is 1.11 bits per heavy atom. The van der Waals surface area contributed by atoms with Crippen LogP contribution in [0.5, 0.6) is 0 Å². The fraction of sp³-hybridized carbons (Fsp3) is 0.455. The van der Waals surface area contributed by atoms with E-state index in [4.69, 9.17) is 0 Å². The zero-order valence-corrected chi connectivity index (χ0v) is 16.1. The summed E-state index contributed by atoms with van der Waals surface area (Å²) in [7, 11) is 0. The number of pyridine rings is 1. The number of amides is 1. The van der Waals surface area contributed by atoms with Crippen LogP contribution in [0.2, 0.25) is 0 Å². The average molecular weight is 380 g/mol. The molecule has 2 aromatic rings. The third kappa shape index (κ3) is 4.51. The molecule has 0 radical (unpaired) electrons. The van der Waals surface area contributed by atoms with Crippen molar-refractivity contribution in [2.75, 3.05) is 16.8 Å². The number of rotatable bonds is 6. The molecule has 1 saturated heterocycles. The highest BCUT2D eigenvalue weighted by Crippen LogP contribution is 2.32. The highest BCUT2D eigenvalue weighted by atomic mass is 16.3. The number of benzene rings is 1. The quantitative estimate of drug-likeness (QED) is 0.671. The zero-order chi connectivity index (χ0) is 19.3. The molecular formula is C22H28N4O2. The second-order valence-electron chi connectivity index (χ2n) is 7.76. The Morgan fingerprint density at radius 2 is 1.89 bits per heavy atom. The second-order valence-corrected chi connectivity index (χ2v) is 7.76. The lowest BCUT2D eigenvalue weighted by atomic mass is 9.96. The number of aliphatic hydroxyl groups excluding tert-OH is 1. The summed E-state index contributed by atoms with van der Waals surface area (Å²) in [6.45, 7) is 0.662. The molecule has 1 aliphatic heterocycles. The molecule has 28 heavy (non-hydrogen) atoms. The van der Waals surface area contributed by atoms with Gasteiger partial charge < -0.3 is 15.3 Å². The normalized spacial score (nSPS) is 21.7. The summed E-state index contributed by atoms with van der Waals surface area (Å²) in [6, 6.07) is 14.2. The van der Waals surface area contributed by atoms with Crippen molar-refractivity contribution >= 4 is 17.4 Å².